The van der Waals surface area contributed by atoms with Gasteiger partial charge in [-0.2, -0.15) is 0 Å². The van der Waals surface area contributed by atoms with Gasteiger partial charge in [0.25, 0.3) is 0 Å². The molecule has 4 aromatic carbocycles. The van der Waals surface area contributed by atoms with Gasteiger partial charge in [0.15, 0.2) is 0 Å². The smallest absolute Gasteiger partial charge is 0.0974 e. The number of benzene rings is 4. The van der Waals surface area contributed by atoms with Crippen molar-refractivity contribution in [3.63, 3.8) is 0 Å². The molecule has 2 nitrogen and oxygen atoms in total. The van der Waals surface area contributed by atoms with Gasteiger partial charge in [-0.3, -0.25) is 0 Å². The highest BCUT2D eigenvalue weighted by molar-refractivity contribution is 6.15. The van der Waals surface area contributed by atoms with Crippen molar-refractivity contribution in [2.75, 3.05) is 0 Å². The molecule has 0 atom stereocenters. The molecule has 0 unspecified atom stereocenters. The van der Waals surface area contributed by atoms with Gasteiger partial charge in [0.05, 0.1) is 22.2 Å². The molecule has 2 heterocycles. The van der Waals surface area contributed by atoms with E-state index in [-0.39, 0.29) is 0 Å². The summed E-state index contributed by atoms with van der Waals surface area (Å²) in [5.74, 6) is 0. The number of rotatable bonds is 3. The van der Waals surface area contributed by atoms with E-state index in [1.807, 2.05) is 0 Å². The Labute approximate surface area is 187 Å². The summed E-state index contributed by atoms with van der Waals surface area (Å²) in [6.07, 6.45) is 0. The van der Waals surface area contributed by atoms with Gasteiger partial charge in [0.2, 0.25) is 0 Å². The zero-order chi connectivity index (χ0) is 21.5. The van der Waals surface area contributed by atoms with Crippen molar-refractivity contribution < 1.29 is 0 Å². The predicted octanol–water partition coefficient (Wildman–Crippen LogP) is 7.73. The van der Waals surface area contributed by atoms with E-state index >= 15 is 0 Å². The summed E-state index contributed by atoms with van der Waals surface area (Å²) in [5.41, 5.74) is 10.3. The van der Waals surface area contributed by atoms with Crippen LogP contribution >= 0.6 is 0 Å². The van der Waals surface area contributed by atoms with Crippen LogP contribution in [0.4, 0.5) is 0 Å². The molecule has 32 heavy (non-hydrogen) atoms. The fraction of sp³-hybridized carbons (Fsp3) is 0.0333. The lowest BCUT2D eigenvalue weighted by atomic mass is 9.90. The van der Waals surface area contributed by atoms with E-state index < -0.39 is 0 Å². The number of fused-ring (bicyclic) bond motifs is 3. The summed E-state index contributed by atoms with van der Waals surface area (Å²) < 4.78 is 2.29. The largest absolute Gasteiger partial charge is 0.342 e. The fourth-order valence-electron chi connectivity index (χ4n) is 4.75. The van der Waals surface area contributed by atoms with Gasteiger partial charge in [-0.05, 0) is 17.2 Å². The van der Waals surface area contributed by atoms with E-state index in [0.29, 0.717) is 0 Å². The first-order valence-corrected chi connectivity index (χ1v) is 10.9. The standard InChI is InChI=1S/C30H22N2/c1-32-25-20-12-11-19-24(25)29-30(32)27(22-15-7-3-8-16-22)26(21-13-5-2-6-14-21)28(31-29)23-17-9-4-10-18-23/h2-20H,1H3. The van der Waals surface area contributed by atoms with Crippen molar-refractivity contribution >= 4 is 21.9 Å². The summed E-state index contributed by atoms with van der Waals surface area (Å²) in [4.78, 5) is 5.34. The lowest BCUT2D eigenvalue weighted by molar-refractivity contribution is 1.01. The highest BCUT2D eigenvalue weighted by Gasteiger charge is 2.23. The Bertz CT molecular complexity index is 1550. The predicted molar refractivity (Wildman–Crippen MR) is 135 cm³/mol. The SMILES string of the molecule is Cn1c2ccccc2c2nc(-c3ccccc3)c(-c3ccccc3)c(-c3ccccc3)c21. The van der Waals surface area contributed by atoms with Crippen molar-refractivity contribution in [1.29, 1.82) is 0 Å². The van der Waals surface area contributed by atoms with Crippen molar-refractivity contribution in [3.05, 3.63) is 115 Å². The minimum Gasteiger partial charge on any atom is -0.342 e. The highest BCUT2D eigenvalue weighted by Crippen LogP contribution is 2.45. The number of pyridine rings is 1. The van der Waals surface area contributed by atoms with E-state index in [0.717, 1.165) is 22.3 Å². The van der Waals surface area contributed by atoms with Crippen LogP contribution in [0.3, 0.4) is 0 Å². The number of aromatic nitrogens is 2. The van der Waals surface area contributed by atoms with Crippen LogP contribution in [0.2, 0.25) is 0 Å². The summed E-state index contributed by atoms with van der Waals surface area (Å²) in [7, 11) is 2.15. The monoisotopic (exact) mass is 410 g/mol. The highest BCUT2D eigenvalue weighted by atomic mass is 15.0. The Hall–Kier alpha value is -4.17. The molecule has 152 valence electrons. The molecular formula is C30H22N2. The van der Waals surface area contributed by atoms with E-state index in [2.05, 4.69) is 127 Å². The van der Waals surface area contributed by atoms with E-state index in [1.165, 1.54) is 33.2 Å². The van der Waals surface area contributed by atoms with Crippen LogP contribution in [0, 0.1) is 0 Å². The van der Waals surface area contributed by atoms with Crippen LogP contribution in [-0.4, -0.2) is 9.55 Å². The van der Waals surface area contributed by atoms with E-state index in [1.54, 1.807) is 0 Å². The van der Waals surface area contributed by atoms with Gasteiger partial charge < -0.3 is 4.57 Å². The van der Waals surface area contributed by atoms with Gasteiger partial charge in [-0.1, -0.05) is 109 Å². The number of hydrogen-bond donors (Lipinski definition) is 0. The third-order valence-corrected chi connectivity index (χ3v) is 6.20. The molecule has 0 radical (unpaired) electrons. The van der Waals surface area contributed by atoms with Crippen molar-refractivity contribution in [2.45, 2.75) is 0 Å². The molecule has 6 rings (SSSR count). The summed E-state index contributed by atoms with van der Waals surface area (Å²) in [6, 6.07) is 40.4. The molecule has 0 fully saturated rings. The lowest BCUT2D eigenvalue weighted by Crippen LogP contribution is -1.98. The Balaban J connectivity index is 1.89. The van der Waals surface area contributed by atoms with Gasteiger partial charge in [0.1, 0.15) is 0 Å². The molecule has 2 heteroatoms. The van der Waals surface area contributed by atoms with Crippen LogP contribution in [-0.2, 0) is 7.05 Å². The second-order valence-corrected chi connectivity index (χ2v) is 8.08. The molecule has 0 bridgehead atoms. The summed E-state index contributed by atoms with van der Waals surface area (Å²) in [5, 5.41) is 1.18. The minimum absolute atomic E-state index is 1.01. The maximum atomic E-state index is 5.34. The average molecular weight is 411 g/mol. The molecular weight excluding hydrogens is 388 g/mol. The van der Waals surface area contributed by atoms with Crippen LogP contribution in [0.25, 0.3) is 55.4 Å². The van der Waals surface area contributed by atoms with Crippen molar-refractivity contribution in [3.8, 4) is 33.5 Å². The maximum absolute atomic E-state index is 5.34. The zero-order valence-electron chi connectivity index (χ0n) is 17.9. The quantitative estimate of drug-likeness (QED) is 0.292. The first-order chi connectivity index (χ1) is 15.8. The molecule has 0 aliphatic heterocycles. The van der Waals surface area contributed by atoms with Crippen molar-refractivity contribution in [1.82, 2.24) is 9.55 Å². The zero-order valence-corrected chi connectivity index (χ0v) is 17.9. The molecule has 0 aliphatic carbocycles. The Morgan fingerprint density at radius 3 is 1.66 bits per heavy atom. The molecule has 0 spiro atoms. The molecule has 6 aromatic rings. The Kier molecular flexibility index (Phi) is 4.36. The Morgan fingerprint density at radius 1 is 0.531 bits per heavy atom. The lowest BCUT2D eigenvalue weighted by Gasteiger charge is -2.18. The minimum atomic E-state index is 1.01. The molecule has 0 N–H and O–H groups in total. The molecule has 0 saturated carbocycles. The normalized spacial score (nSPS) is 11.3. The second-order valence-electron chi connectivity index (χ2n) is 8.08. The third kappa shape index (κ3) is 2.84. The summed E-state index contributed by atoms with van der Waals surface area (Å²) in [6.45, 7) is 0. The van der Waals surface area contributed by atoms with Crippen molar-refractivity contribution in [2.24, 2.45) is 7.05 Å². The van der Waals surface area contributed by atoms with Gasteiger partial charge in [-0.15, -0.1) is 0 Å². The molecule has 0 amide bonds. The maximum Gasteiger partial charge on any atom is 0.0974 e. The van der Waals surface area contributed by atoms with Gasteiger partial charge in [0, 0.05) is 29.1 Å². The van der Waals surface area contributed by atoms with E-state index in [4.69, 9.17) is 4.98 Å². The number of aryl methyl sites for hydroxylation is 1. The Morgan fingerprint density at radius 2 is 1.03 bits per heavy atom. The number of nitrogens with zero attached hydrogens (tertiary/aromatic N) is 2. The van der Waals surface area contributed by atoms with Crippen LogP contribution in [0.1, 0.15) is 0 Å². The van der Waals surface area contributed by atoms with E-state index in [9.17, 15) is 0 Å². The van der Waals surface area contributed by atoms with Gasteiger partial charge in [-0.25, -0.2) is 4.98 Å². The van der Waals surface area contributed by atoms with Crippen LogP contribution in [0.5, 0.6) is 0 Å². The van der Waals surface area contributed by atoms with Crippen LogP contribution in [0.15, 0.2) is 115 Å². The summed E-state index contributed by atoms with van der Waals surface area (Å²) >= 11 is 0. The second kappa shape index (κ2) is 7.51. The topological polar surface area (TPSA) is 17.8 Å². The van der Waals surface area contributed by atoms with Crippen LogP contribution < -0.4 is 0 Å². The molecule has 0 aliphatic rings. The number of para-hydroxylation sites is 1. The first-order valence-electron chi connectivity index (χ1n) is 10.9. The molecule has 2 aromatic heterocycles. The third-order valence-electron chi connectivity index (χ3n) is 6.20. The first kappa shape index (κ1) is 18.6. The fourth-order valence-corrected chi connectivity index (χ4v) is 4.75. The van der Waals surface area contributed by atoms with Gasteiger partial charge >= 0.3 is 0 Å². The molecule has 0 saturated heterocycles. The average Bonchev–Trinajstić information content (AvgIpc) is 3.16. The number of hydrogen-bond acceptors (Lipinski definition) is 1.